The van der Waals surface area contributed by atoms with E-state index in [0.717, 1.165) is 19.3 Å². The first kappa shape index (κ1) is 20.4. The summed E-state index contributed by atoms with van der Waals surface area (Å²) in [6.45, 7) is 8.63. The third-order valence-electron chi connectivity index (χ3n) is 2.51. The van der Waals surface area contributed by atoms with Crippen molar-refractivity contribution in [2.45, 2.75) is 47.0 Å². The SMILES string of the molecule is CC.CC.Clc1nccc(OCCCC2=CC=CCC=C2)n1. The van der Waals surface area contributed by atoms with Crippen LogP contribution in [0.2, 0.25) is 5.28 Å². The number of hydrogen-bond donors (Lipinski definition) is 0. The van der Waals surface area contributed by atoms with Crippen LogP contribution in [-0.2, 0) is 0 Å². The molecule has 1 aromatic heterocycles. The Morgan fingerprint density at radius 2 is 1.95 bits per heavy atom. The van der Waals surface area contributed by atoms with Crippen LogP contribution in [0, 0.1) is 0 Å². The maximum atomic E-state index is 5.67. The van der Waals surface area contributed by atoms with Crippen molar-refractivity contribution in [2.24, 2.45) is 0 Å². The highest BCUT2D eigenvalue weighted by Gasteiger charge is 1.99. The predicted molar refractivity (Wildman–Crippen MR) is 95.4 cm³/mol. The van der Waals surface area contributed by atoms with Gasteiger partial charge in [-0.05, 0) is 36.4 Å². The van der Waals surface area contributed by atoms with Crippen LogP contribution < -0.4 is 4.74 Å². The molecule has 1 heterocycles. The van der Waals surface area contributed by atoms with Gasteiger partial charge in [-0.1, -0.05) is 58.1 Å². The van der Waals surface area contributed by atoms with Crippen molar-refractivity contribution in [1.82, 2.24) is 9.97 Å². The van der Waals surface area contributed by atoms with Crippen LogP contribution in [0.4, 0.5) is 0 Å². The summed E-state index contributed by atoms with van der Waals surface area (Å²) in [5, 5.41) is 0.215. The molecule has 0 aliphatic heterocycles. The molecule has 22 heavy (non-hydrogen) atoms. The van der Waals surface area contributed by atoms with Gasteiger partial charge >= 0.3 is 0 Å². The Morgan fingerprint density at radius 3 is 2.68 bits per heavy atom. The van der Waals surface area contributed by atoms with Gasteiger partial charge < -0.3 is 4.74 Å². The molecule has 0 radical (unpaired) electrons. The number of halogens is 1. The second-order valence-electron chi connectivity index (χ2n) is 3.92. The topological polar surface area (TPSA) is 35.0 Å². The zero-order valence-electron chi connectivity index (χ0n) is 14.1. The zero-order chi connectivity index (χ0) is 16.6. The fourth-order valence-electron chi connectivity index (χ4n) is 1.64. The van der Waals surface area contributed by atoms with E-state index in [-0.39, 0.29) is 5.28 Å². The van der Waals surface area contributed by atoms with Crippen LogP contribution in [0.15, 0.2) is 48.2 Å². The van der Waals surface area contributed by atoms with Crippen LogP contribution in [0.3, 0.4) is 0 Å². The summed E-state index contributed by atoms with van der Waals surface area (Å²) in [5.74, 6) is 0.528. The number of allylic oxidation sites excluding steroid dienone is 6. The predicted octanol–water partition coefficient (Wildman–Crippen LogP) is 5.78. The van der Waals surface area contributed by atoms with Gasteiger partial charge in [0.25, 0.3) is 0 Å². The average Bonchev–Trinajstić information content (AvgIpc) is 2.84. The molecule has 0 spiro atoms. The molecule has 4 heteroatoms. The molecule has 0 atom stereocenters. The molecule has 0 saturated heterocycles. The minimum atomic E-state index is 0.215. The van der Waals surface area contributed by atoms with Crippen molar-refractivity contribution in [1.29, 1.82) is 0 Å². The first-order valence-corrected chi connectivity index (χ1v) is 8.36. The number of aromatic nitrogens is 2. The first-order chi connectivity index (χ1) is 10.8. The Hall–Kier alpha value is -1.61. The second kappa shape index (κ2) is 14.3. The third kappa shape index (κ3) is 9.35. The van der Waals surface area contributed by atoms with E-state index in [4.69, 9.17) is 16.3 Å². The van der Waals surface area contributed by atoms with E-state index in [1.165, 1.54) is 5.57 Å². The lowest BCUT2D eigenvalue weighted by molar-refractivity contribution is 0.299. The largest absolute Gasteiger partial charge is 0.478 e. The highest BCUT2D eigenvalue weighted by molar-refractivity contribution is 6.28. The van der Waals surface area contributed by atoms with Crippen molar-refractivity contribution < 1.29 is 4.74 Å². The fraction of sp³-hybridized carbons (Fsp3) is 0.444. The number of nitrogens with zero attached hydrogens (tertiary/aromatic N) is 2. The summed E-state index contributed by atoms with van der Waals surface area (Å²) in [6.07, 6.45) is 15.3. The molecule has 0 bridgehead atoms. The van der Waals surface area contributed by atoms with Crippen molar-refractivity contribution in [3.05, 3.63) is 53.5 Å². The Labute approximate surface area is 139 Å². The van der Waals surface area contributed by atoms with Gasteiger partial charge in [-0.15, -0.1) is 0 Å². The average molecular weight is 323 g/mol. The van der Waals surface area contributed by atoms with Gasteiger partial charge in [0.05, 0.1) is 6.61 Å². The van der Waals surface area contributed by atoms with Crippen LogP contribution >= 0.6 is 11.6 Å². The van der Waals surface area contributed by atoms with Gasteiger partial charge in [0, 0.05) is 12.3 Å². The monoisotopic (exact) mass is 322 g/mol. The van der Waals surface area contributed by atoms with Gasteiger partial charge in [0.15, 0.2) is 0 Å². The van der Waals surface area contributed by atoms with Crippen LogP contribution in [0.1, 0.15) is 47.0 Å². The van der Waals surface area contributed by atoms with Crippen LogP contribution in [0.5, 0.6) is 5.88 Å². The summed E-state index contributed by atoms with van der Waals surface area (Å²) < 4.78 is 5.50. The van der Waals surface area contributed by atoms with E-state index in [1.54, 1.807) is 12.3 Å². The lowest BCUT2D eigenvalue weighted by Crippen LogP contribution is -2.00. The Morgan fingerprint density at radius 1 is 1.18 bits per heavy atom. The summed E-state index contributed by atoms with van der Waals surface area (Å²) in [5.41, 5.74) is 1.33. The van der Waals surface area contributed by atoms with Gasteiger partial charge in [0.2, 0.25) is 11.2 Å². The lowest BCUT2D eigenvalue weighted by Gasteiger charge is -2.05. The molecule has 3 nitrogen and oxygen atoms in total. The summed E-state index contributed by atoms with van der Waals surface area (Å²) in [4.78, 5) is 7.77. The second-order valence-corrected chi connectivity index (χ2v) is 4.26. The Bertz CT molecular complexity index is 482. The van der Waals surface area contributed by atoms with Crippen LogP contribution in [-0.4, -0.2) is 16.6 Å². The maximum absolute atomic E-state index is 5.67. The van der Waals surface area contributed by atoms with Gasteiger partial charge in [0.1, 0.15) is 0 Å². The fourth-order valence-corrected chi connectivity index (χ4v) is 1.78. The molecular weight excluding hydrogens is 296 g/mol. The van der Waals surface area contributed by atoms with Gasteiger partial charge in [-0.3, -0.25) is 0 Å². The molecule has 0 saturated carbocycles. The van der Waals surface area contributed by atoms with Crippen molar-refractivity contribution >= 4 is 11.6 Å². The van der Waals surface area contributed by atoms with Crippen LogP contribution in [0.25, 0.3) is 0 Å². The summed E-state index contributed by atoms with van der Waals surface area (Å²) in [7, 11) is 0. The van der Waals surface area contributed by atoms with E-state index < -0.39 is 0 Å². The molecule has 0 amide bonds. The van der Waals surface area contributed by atoms with Gasteiger partial charge in [-0.25, -0.2) is 4.98 Å². The maximum Gasteiger partial charge on any atom is 0.225 e. The van der Waals surface area contributed by atoms with Crippen molar-refractivity contribution in [3.63, 3.8) is 0 Å². The van der Waals surface area contributed by atoms with E-state index >= 15 is 0 Å². The minimum Gasteiger partial charge on any atom is -0.478 e. The smallest absolute Gasteiger partial charge is 0.225 e. The molecule has 2 rings (SSSR count). The minimum absolute atomic E-state index is 0.215. The number of ether oxygens (including phenoxy) is 1. The normalized spacial score (nSPS) is 12.1. The van der Waals surface area contributed by atoms with E-state index in [0.29, 0.717) is 12.5 Å². The highest BCUT2D eigenvalue weighted by atomic mass is 35.5. The number of rotatable bonds is 5. The molecule has 0 aromatic carbocycles. The summed E-state index contributed by atoms with van der Waals surface area (Å²) >= 11 is 5.67. The first-order valence-electron chi connectivity index (χ1n) is 7.98. The van der Waals surface area contributed by atoms with Gasteiger partial charge in [-0.2, -0.15) is 4.98 Å². The standard InChI is InChI=1S/C14H15ClN2O.2C2H6/c15-14-16-10-9-13(17-14)18-11-5-8-12-6-3-1-2-4-7-12;2*1-2/h1,3-4,6-7,9-10H,2,5,8,11H2;2*1-2H3. The Balaban J connectivity index is 0.00000102. The highest BCUT2D eigenvalue weighted by Crippen LogP contribution is 2.13. The third-order valence-corrected chi connectivity index (χ3v) is 2.69. The molecule has 0 unspecified atom stereocenters. The molecule has 0 fully saturated rings. The Kier molecular flexibility index (Phi) is 13.3. The molecule has 1 aromatic rings. The summed E-state index contributed by atoms with van der Waals surface area (Å²) in [6, 6.07) is 1.71. The zero-order valence-corrected chi connectivity index (χ0v) is 14.8. The van der Waals surface area contributed by atoms with Crippen molar-refractivity contribution in [2.75, 3.05) is 6.61 Å². The molecule has 122 valence electrons. The quantitative estimate of drug-likeness (QED) is 0.508. The van der Waals surface area contributed by atoms with E-state index in [2.05, 4.69) is 40.3 Å². The van der Waals surface area contributed by atoms with E-state index in [1.807, 2.05) is 27.7 Å². The molecule has 1 aliphatic carbocycles. The lowest BCUT2D eigenvalue weighted by atomic mass is 10.1. The molecule has 0 N–H and O–H groups in total. The van der Waals surface area contributed by atoms with Crippen molar-refractivity contribution in [3.8, 4) is 5.88 Å². The molecule has 1 aliphatic rings. The van der Waals surface area contributed by atoms with E-state index in [9.17, 15) is 0 Å². The molecular formula is C18H27ClN2O. The number of hydrogen-bond acceptors (Lipinski definition) is 3.